The Morgan fingerprint density at radius 1 is 1.04 bits per heavy atom. The highest BCUT2D eigenvalue weighted by atomic mass is 79.9. The van der Waals surface area contributed by atoms with Crippen molar-refractivity contribution in [3.8, 4) is 0 Å². The Morgan fingerprint density at radius 3 is 2.28 bits per heavy atom. The van der Waals surface area contributed by atoms with Gasteiger partial charge in [-0.05, 0) is 54.8 Å². The molecule has 1 fully saturated rings. The van der Waals surface area contributed by atoms with E-state index in [0.29, 0.717) is 5.02 Å². The van der Waals surface area contributed by atoms with Gasteiger partial charge >= 0.3 is 0 Å². The summed E-state index contributed by atoms with van der Waals surface area (Å²) < 4.78 is 0.972. The summed E-state index contributed by atoms with van der Waals surface area (Å²) in [5, 5.41) is 0.656. The van der Waals surface area contributed by atoms with Crippen LogP contribution in [0.3, 0.4) is 0 Å². The zero-order chi connectivity index (χ0) is 17.9. The maximum atomic E-state index is 12.5. The minimum atomic E-state index is -0.517. The van der Waals surface area contributed by atoms with Crippen molar-refractivity contribution in [3.05, 3.63) is 63.6 Å². The van der Waals surface area contributed by atoms with Crippen LogP contribution in [0.4, 0.5) is 0 Å². The Morgan fingerprint density at radius 2 is 1.68 bits per heavy atom. The van der Waals surface area contributed by atoms with Crippen molar-refractivity contribution in [1.82, 2.24) is 10.9 Å². The molecule has 0 unspecified atom stereocenters. The van der Waals surface area contributed by atoms with Crippen LogP contribution in [0.1, 0.15) is 18.4 Å². The van der Waals surface area contributed by atoms with Gasteiger partial charge in [-0.15, -0.1) is 11.8 Å². The van der Waals surface area contributed by atoms with Gasteiger partial charge in [-0.3, -0.25) is 20.4 Å². The van der Waals surface area contributed by atoms with Crippen molar-refractivity contribution in [1.29, 1.82) is 0 Å². The van der Waals surface area contributed by atoms with Crippen LogP contribution < -0.4 is 10.9 Å². The van der Waals surface area contributed by atoms with Gasteiger partial charge in [0.15, 0.2) is 0 Å². The molecule has 0 aliphatic heterocycles. The molecule has 1 aliphatic carbocycles. The van der Waals surface area contributed by atoms with Crippen molar-refractivity contribution in [2.75, 3.05) is 5.75 Å². The number of nitrogens with one attached hydrogen (secondary N) is 2. The predicted molar refractivity (Wildman–Crippen MR) is 104 cm³/mol. The van der Waals surface area contributed by atoms with E-state index in [9.17, 15) is 9.59 Å². The van der Waals surface area contributed by atoms with E-state index in [1.807, 2.05) is 36.4 Å². The van der Waals surface area contributed by atoms with E-state index in [4.69, 9.17) is 11.6 Å². The van der Waals surface area contributed by atoms with Gasteiger partial charge < -0.3 is 0 Å². The molecular formula is C18H16BrClN2O2S. The second-order valence-corrected chi connectivity index (χ2v) is 8.23. The zero-order valence-electron chi connectivity index (χ0n) is 13.2. The summed E-state index contributed by atoms with van der Waals surface area (Å²) in [4.78, 5) is 25.4. The highest BCUT2D eigenvalue weighted by molar-refractivity contribution is 9.10. The van der Waals surface area contributed by atoms with Gasteiger partial charge in [0.25, 0.3) is 0 Å². The Balaban J connectivity index is 1.49. The Bertz CT molecular complexity index is 777. The van der Waals surface area contributed by atoms with Crippen LogP contribution in [0.15, 0.2) is 57.9 Å². The Labute approximate surface area is 163 Å². The van der Waals surface area contributed by atoms with Crippen LogP contribution in [0, 0.1) is 0 Å². The molecular weight excluding hydrogens is 424 g/mol. The molecule has 0 aromatic heterocycles. The average Bonchev–Trinajstić information content (AvgIpc) is 3.41. The number of hydrogen-bond donors (Lipinski definition) is 2. The number of thioether (sulfide) groups is 1. The highest BCUT2D eigenvalue weighted by Gasteiger charge is 2.51. The molecule has 0 atom stereocenters. The molecule has 25 heavy (non-hydrogen) atoms. The number of hydrazine groups is 1. The average molecular weight is 440 g/mol. The summed E-state index contributed by atoms with van der Waals surface area (Å²) in [6.07, 6.45) is 1.58. The van der Waals surface area contributed by atoms with Crippen LogP contribution in [-0.4, -0.2) is 17.6 Å². The highest BCUT2D eigenvalue weighted by Crippen LogP contribution is 2.48. The fourth-order valence-electron chi connectivity index (χ4n) is 2.50. The molecule has 130 valence electrons. The summed E-state index contributed by atoms with van der Waals surface area (Å²) in [6.45, 7) is 0. The SMILES string of the molecule is O=C(CSc1ccc(Cl)cc1)NNC(=O)C1(c2ccc(Br)cc2)CC1. The van der Waals surface area contributed by atoms with Gasteiger partial charge in [-0.2, -0.15) is 0 Å². The number of amides is 2. The first-order valence-electron chi connectivity index (χ1n) is 7.73. The van der Waals surface area contributed by atoms with E-state index in [2.05, 4.69) is 26.8 Å². The summed E-state index contributed by atoms with van der Waals surface area (Å²) in [7, 11) is 0. The van der Waals surface area contributed by atoms with Gasteiger partial charge in [0.2, 0.25) is 11.8 Å². The molecule has 2 aromatic carbocycles. The molecule has 7 heteroatoms. The lowest BCUT2D eigenvalue weighted by atomic mass is 9.95. The van der Waals surface area contributed by atoms with Crippen molar-refractivity contribution in [2.24, 2.45) is 0 Å². The molecule has 1 aliphatic rings. The van der Waals surface area contributed by atoms with Gasteiger partial charge in [-0.1, -0.05) is 39.7 Å². The Hall–Kier alpha value is -1.50. The lowest BCUT2D eigenvalue weighted by Gasteiger charge is -2.16. The molecule has 4 nitrogen and oxygen atoms in total. The number of halogens is 2. The molecule has 0 saturated heterocycles. The first kappa shape index (κ1) is 18.3. The minimum absolute atomic E-state index is 0.167. The van der Waals surface area contributed by atoms with E-state index in [1.165, 1.54) is 11.8 Å². The van der Waals surface area contributed by atoms with E-state index in [1.54, 1.807) is 12.1 Å². The van der Waals surface area contributed by atoms with E-state index < -0.39 is 5.41 Å². The topological polar surface area (TPSA) is 58.2 Å². The minimum Gasteiger partial charge on any atom is -0.272 e. The number of rotatable bonds is 5. The van der Waals surface area contributed by atoms with E-state index >= 15 is 0 Å². The van der Waals surface area contributed by atoms with Crippen molar-refractivity contribution < 1.29 is 9.59 Å². The third-order valence-electron chi connectivity index (χ3n) is 4.08. The third-order valence-corrected chi connectivity index (χ3v) is 5.87. The smallest absolute Gasteiger partial charge is 0.249 e. The monoisotopic (exact) mass is 438 g/mol. The van der Waals surface area contributed by atoms with Gasteiger partial charge in [0, 0.05) is 14.4 Å². The molecule has 2 aromatic rings. The van der Waals surface area contributed by atoms with E-state index in [-0.39, 0.29) is 17.6 Å². The van der Waals surface area contributed by atoms with Crippen molar-refractivity contribution >= 4 is 51.1 Å². The molecule has 2 N–H and O–H groups in total. The third kappa shape index (κ3) is 4.57. The van der Waals surface area contributed by atoms with Gasteiger partial charge in [0.1, 0.15) is 0 Å². The summed E-state index contributed by atoms with van der Waals surface area (Å²) >= 11 is 10.6. The van der Waals surface area contributed by atoms with Crippen LogP contribution >= 0.6 is 39.3 Å². The normalized spacial score (nSPS) is 14.6. The van der Waals surface area contributed by atoms with Gasteiger partial charge in [-0.25, -0.2) is 0 Å². The zero-order valence-corrected chi connectivity index (χ0v) is 16.4. The lowest BCUT2D eigenvalue weighted by molar-refractivity contribution is -0.129. The molecule has 0 heterocycles. The van der Waals surface area contributed by atoms with Crippen LogP contribution in [0.25, 0.3) is 0 Å². The maximum Gasteiger partial charge on any atom is 0.249 e. The molecule has 3 rings (SSSR count). The second-order valence-electron chi connectivity index (χ2n) is 5.83. The first-order chi connectivity index (χ1) is 12.0. The van der Waals surface area contributed by atoms with Crippen LogP contribution in [0.5, 0.6) is 0 Å². The standard InChI is InChI=1S/C18H16BrClN2O2S/c19-13-3-1-12(2-4-13)18(9-10-18)17(24)22-21-16(23)11-25-15-7-5-14(20)6-8-15/h1-8H,9-11H2,(H,21,23)(H,22,24). The van der Waals surface area contributed by atoms with Crippen molar-refractivity contribution in [2.45, 2.75) is 23.2 Å². The molecule has 0 spiro atoms. The molecule has 0 bridgehead atoms. The summed E-state index contributed by atoms with van der Waals surface area (Å²) in [5.41, 5.74) is 5.51. The number of carbonyl (C=O) groups is 2. The van der Waals surface area contributed by atoms with Crippen molar-refractivity contribution in [3.63, 3.8) is 0 Å². The van der Waals surface area contributed by atoms with E-state index in [0.717, 1.165) is 27.8 Å². The number of benzene rings is 2. The fourth-order valence-corrected chi connectivity index (χ4v) is 3.59. The molecule has 0 radical (unpaired) electrons. The number of carbonyl (C=O) groups excluding carboxylic acids is 2. The quantitative estimate of drug-likeness (QED) is 0.545. The maximum absolute atomic E-state index is 12.5. The predicted octanol–water partition coefficient (Wildman–Crippen LogP) is 4.07. The largest absolute Gasteiger partial charge is 0.272 e. The Kier molecular flexibility index (Phi) is 5.71. The summed E-state index contributed by atoms with van der Waals surface area (Å²) in [6, 6.07) is 15.0. The molecule has 2 amide bonds. The summed E-state index contributed by atoms with van der Waals surface area (Å²) in [5.74, 6) is -0.202. The van der Waals surface area contributed by atoms with Gasteiger partial charge in [0.05, 0.1) is 11.2 Å². The lowest BCUT2D eigenvalue weighted by Crippen LogP contribution is -2.47. The number of hydrogen-bond acceptors (Lipinski definition) is 3. The first-order valence-corrected chi connectivity index (χ1v) is 9.89. The van der Waals surface area contributed by atoms with Crippen LogP contribution in [-0.2, 0) is 15.0 Å². The fraction of sp³-hybridized carbons (Fsp3) is 0.222. The molecule has 1 saturated carbocycles. The van der Waals surface area contributed by atoms with Crippen LogP contribution in [0.2, 0.25) is 5.02 Å². The second kappa shape index (κ2) is 7.81.